The van der Waals surface area contributed by atoms with Crippen LogP contribution in [-0.4, -0.2) is 47.7 Å². The highest BCUT2D eigenvalue weighted by molar-refractivity contribution is 5.85. The molecular weight excluding hydrogens is 488 g/mol. The number of nitrogens with one attached hydrogen (secondary N) is 1. The Morgan fingerprint density at radius 2 is 1.84 bits per heavy atom. The van der Waals surface area contributed by atoms with Crippen molar-refractivity contribution in [3.05, 3.63) is 54.2 Å². The standard InChI is InChI=1S/C24H25F2N7O4/c1-23(2,3)22-31-20(37-32-22)16-15-17(36-24(4,5)35-15)21(34-16)33-10-29-14-18(27-9-28-19(14)33)30-13-7-6-11(25)8-12(13)26/h6-10,15-17,21H,1-5H3,(H,27,28,30)/t15-,16-,17-,21+/m0/s1. The van der Waals surface area contributed by atoms with E-state index in [2.05, 4.69) is 30.4 Å². The van der Waals surface area contributed by atoms with E-state index < -0.39 is 42.0 Å². The van der Waals surface area contributed by atoms with Crippen LogP contribution in [0.3, 0.4) is 0 Å². The lowest BCUT2D eigenvalue weighted by Gasteiger charge is -2.23. The van der Waals surface area contributed by atoms with Crippen LogP contribution in [0.4, 0.5) is 20.3 Å². The SMILES string of the molecule is CC1(C)O[C@@H]2[C@H](O1)[C@H](n1cnc3c(Nc4ccc(F)cc4F)ncnc31)O[C@@H]2c1nc(C(C)(C)C)no1. The third kappa shape index (κ3) is 4.12. The first kappa shape index (κ1) is 23.8. The van der Waals surface area contributed by atoms with E-state index in [1.165, 1.54) is 12.4 Å². The number of aromatic nitrogens is 6. The summed E-state index contributed by atoms with van der Waals surface area (Å²) >= 11 is 0. The van der Waals surface area contributed by atoms with Crippen molar-refractivity contribution < 1.29 is 27.5 Å². The summed E-state index contributed by atoms with van der Waals surface area (Å²) in [6, 6.07) is 3.22. The van der Waals surface area contributed by atoms with Crippen molar-refractivity contribution in [3.63, 3.8) is 0 Å². The van der Waals surface area contributed by atoms with E-state index in [0.29, 0.717) is 17.0 Å². The Morgan fingerprint density at radius 1 is 1.05 bits per heavy atom. The molecule has 3 aromatic heterocycles. The largest absolute Gasteiger partial charge is 0.341 e. The summed E-state index contributed by atoms with van der Waals surface area (Å²) in [6.45, 7) is 9.61. The summed E-state index contributed by atoms with van der Waals surface area (Å²) in [5.74, 6) is -1.23. The Morgan fingerprint density at radius 3 is 2.57 bits per heavy atom. The topological polar surface area (TPSA) is 122 Å². The Bertz CT molecular complexity index is 1480. The van der Waals surface area contributed by atoms with Gasteiger partial charge in [0.2, 0.25) is 0 Å². The fraction of sp³-hybridized carbons (Fsp3) is 0.458. The van der Waals surface area contributed by atoms with Crippen LogP contribution in [0.5, 0.6) is 0 Å². The van der Waals surface area contributed by atoms with E-state index in [1.54, 1.807) is 10.9 Å². The fourth-order valence-electron chi connectivity index (χ4n) is 4.50. The van der Waals surface area contributed by atoms with Crippen molar-refractivity contribution in [1.29, 1.82) is 0 Å². The second-order valence-corrected chi connectivity index (χ2v) is 10.5. The minimum absolute atomic E-state index is 0.0496. The number of imidazole rings is 1. The molecule has 0 saturated carbocycles. The van der Waals surface area contributed by atoms with Gasteiger partial charge >= 0.3 is 0 Å². The number of hydrogen-bond donors (Lipinski definition) is 1. The molecule has 1 aromatic carbocycles. The van der Waals surface area contributed by atoms with Crippen LogP contribution in [0.15, 0.2) is 35.4 Å². The average molecular weight is 514 g/mol. The van der Waals surface area contributed by atoms with Crippen molar-refractivity contribution in [1.82, 2.24) is 29.7 Å². The zero-order valence-corrected chi connectivity index (χ0v) is 20.8. The molecule has 37 heavy (non-hydrogen) atoms. The van der Waals surface area contributed by atoms with Crippen LogP contribution in [0.25, 0.3) is 11.2 Å². The van der Waals surface area contributed by atoms with Gasteiger partial charge in [0.05, 0.1) is 12.0 Å². The van der Waals surface area contributed by atoms with Crippen molar-refractivity contribution in [3.8, 4) is 0 Å². The van der Waals surface area contributed by atoms with E-state index in [0.717, 1.165) is 12.1 Å². The zero-order chi connectivity index (χ0) is 26.1. The second kappa shape index (κ2) is 8.23. The minimum atomic E-state index is -0.874. The van der Waals surface area contributed by atoms with E-state index in [-0.39, 0.29) is 22.8 Å². The fourth-order valence-corrected chi connectivity index (χ4v) is 4.50. The first-order chi connectivity index (χ1) is 17.5. The van der Waals surface area contributed by atoms with Crippen LogP contribution in [-0.2, 0) is 19.6 Å². The van der Waals surface area contributed by atoms with Crippen LogP contribution in [0.2, 0.25) is 0 Å². The highest BCUT2D eigenvalue weighted by atomic mass is 19.1. The van der Waals surface area contributed by atoms with Crippen molar-refractivity contribution in [2.75, 3.05) is 5.32 Å². The number of hydrogen-bond acceptors (Lipinski definition) is 10. The third-order valence-electron chi connectivity index (χ3n) is 6.20. The lowest BCUT2D eigenvalue weighted by atomic mass is 9.96. The third-order valence-corrected chi connectivity index (χ3v) is 6.20. The van der Waals surface area contributed by atoms with Gasteiger partial charge in [0, 0.05) is 11.5 Å². The quantitative estimate of drug-likeness (QED) is 0.422. The first-order valence-corrected chi connectivity index (χ1v) is 11.7. The molecule has 0 aliphatic carbocycles. The molecule has 2 aliphatic rings. The highest BCUT2D eigenvalue weighted by Gasteiger charge is 2.58. The van der Waals surface area contributed by atoms with E-state index >= 15 is 0 Å². The monoisotopic (exact) mass is 513 g/mol. The number of halogens is 2. The molecular formula is C24H25F2N7O4. The van der Waals surface area contributed by atoms with Crippen LogP contribution >= 0.6 is 0 Å². The van der Waals surface area contributed by atoms with Crippen LogP contribution in [0, 0.1) is 11.6 Å². The molecule has 2 aliphatic heterocycles. The van der Waals surface area contributed by atoms with Gasteiger partial charge < -0.3 is 24.1 Å². The molecule has 0 bridgehead atoms. The smallest absolute Gasteiger partial charge is 0.258 e. The Kier molecular flexibility index (Phi) is 5.30. The molecule has 2 fully saturated rings. The summed E-state index contributed by atoms with van der Waals surface area (Å²) in [4.78, 5) is 17.6. The first-order valence-electron chi connectivity index (χ1n) is 11.7. The molecule has 4 aromatic rings. The molecule has 0 spiro atoms. The molecule has 2 saturated heterocycles. The van der Waals surface area contributed by atoms with Crippen LogP contribution in [0.1, 0.15) is 58.7 Å². The number of fused-ring (bicyclic) bond motifs is 2. The molecule has 6 rings (SSSR count). The average Bonchev–Trinajstić information content (AvgIpc) is 3.57. The molecule has 1 N–H and O–H groups in total. The zero-order valence-electron chi connectivity index (χ0n) is 20.8. The summed E-state index contributed by atoms with van der Waals surface area (Å²) in [6.07, 6.45) is 0.403. The van der Waals surface area contributed by atoms with E-state index in [1.807, 2.05) is 34.6 Å². The maximum absolute atomic E-state index is 14.2. The lowest BCUT2D eigenvalue weighted by molar-refractivity contribution is -0.199. The normalized spacial score (nSPS) is 25.1. The summed E-state index contributed by atoms with van der Waals surface area (Å²) in [5.41, 5.74) is 0.518. The number of benzene rings is 1. The predicted molar refractivity (Wildman–Crippen MR) is 125 cm³/mol. The van der Waals surface area contributed by atoms with Gasteiger partial charge in [-0.25, -0.2) is 23.7 Å². The summed E-state index contributed by atoms with van der Waals surface area (Å²) in [7, 11) is 0. The van der Waals surface area contributed by atoms with Gasteiger partial charge in [0.15, 0.2) is 40.9 Å². The maximum atomic E-state index is 14.2. The van der Waals surface area contributed by atoms with Crippen LogP contribution < -0.4 is 5.32 Å². The second-order valence-electron chi connectivity index (χ2n) is 10.5. The van der Waals surface area contributed by atoms with Crippen molar-refractivity contribution >= 4 is 22.7 Å². The van der Waals surface area contributed by atoms with Gasteiger partial charge in [0.1, 0.15) is 30.2 Å². The Labute approximate surface area is 210 Å². The molecule has 11 nitrogen and oxygen atoms in total. The molecule has 13 heteroatoms. The molecule has 0 amide bonds. The minimum Gasteiger partial charge on any atom is -0.341 e. The van der Waals surface area contributed by atoms with Gasteiger partial charge in [-0.15, -0.1) is 0 Å². The van der Waals surface area contributed by atoms with Gasteiger partial charge in [0.25, 0.3) is 5.89 Å². The molecule has 0 radical (unpaired) electrons. The number of anilines is 2. The van der Waals surface area contributed by atoms with Gasteiger partial charge in [-0.3, -0.25) is 4.57 Å². The van der Waals surface area contributed by atoms with Crippen molar-refractivity contribution in [2.45, 2.75) is 70.4 Å². The van der Waals surface area contributed by atoms with Crippen molar-refractivity contribution in [2.24, 2.45) is 0 Å². The molecule has 0 unspecified atom stereocenters. The predicted octanol–water partition coefficient (Wildman–Crippen LogP) is 4.32. The Hall–Kier alpha value is -3.55. The van der Waals surface area contributed by atoms with E-state index in [9.17, 15) is 8.78 Å². The molecule has 5 heterocycles. The number of rotatable bonds is 4. The summed E-state index contributed by atoms with van der Waals surface area (Å²) in [5, 5.41) is 6.98. The number of ether oxygens (including phenoxy) is 3. The van der Waals surface area contributed by atoms with Gasteiger partial charge in [-0.1, -0.05) is 25.9 Å². The van der Waals surface area contributed by atoms with Gasteiger partial charge in [-0.2, -0.15) is 4.98 Å². The maximum Gasteiger partial charge on any atom is 0.258 e. The Balaban J connectivity index is 1.36. The molecule has 194 valence electrons. The summed E-state index contributed by atoms with van der Waals surface area (Å²) < 4.78 is 53.6. The number of nitrogens with zero attached hydrogens (tertiary/aromatic N) is 6. The van der Waals surface area contributed by atoms with Gasteiger partial charge in [-0.05, 0) is 26.0 Å². The highest BCUT2D eigenvalue weighted by Crippen LogP contribution is 2.49. The van der Waals surface area contributed by atoms with E-state index in [4.69, 9.17) is 18.7 Å². The molecule has 4 atom stereocenters. The lowest BCUT2D eigenvalue weighted by Crippen LogP contribution is -2.27.